The highest BCUT2D eigenvalue weighted by atomic mass is 16.6. The number of nitrogens with one attached hydrogen (secondary N) is 2. The van der Waals surface area contributed by atoms with Crippen molar-refractivity contribution in [3.63, 3.8) is 0 Å². The fraction of sp³-hybridized carbons (Fsp3) is 0.333. The van der Waals surface area contributed by atoms with Gasteiger partial charge in [0.25, 0.3) is 0 Å². The summed E-state index contributed by atoms with van der Waals surface area (Å²) in [4.78, 5) is 23.4. The summed E-state index contributed by atoms with van der Waals surface area (Å²) in [6, 6.07) is 18.9. The molecule has 7 nitrogen and oxygen atoms in total. The number of amides is 2. The van der Waals surface area contributed by atoms with Gasteiger partial charge in [-0.15, -0.1) is 0 Å². The molecule has 1 fully saturated rings. The molecule has 0 aromatic heterocycles. The van der Waals surface area contributed by atoms with Gasteiger partial charge in [0.2, 0.25) is 0 Å². The summed E-state index contributed by atoms with van der Waals surface area (Å²) in [5, 5.41) is 5.37. The van der Waals surface area contributed by atoms with Crippen LogP contribution in [-0.2, 0) is 27.4 Å². The molecule has 0 radical (unpaired) electrons. The van der Waals surface area contributed by atoms with Gasteiger partial charge in [0, 0.05) is 13.0 Å². The highest BCUT2D eigenvalue weighted by molar-refractivity contribution is 5.71. The molecule has 1 aliphatic heterocycles. The van der Waals surface area contributed by atoms with Crippen molar-refractivity contribution in [2.24, 2.45) is 0 Å². The molecule has 0 unspecified atom stereocenters. The summed E-state index contributed by atoms with van der Waals surface area (Å²) in [6.07, 6.45) is -0.851. The highest BCUT2D eigenvalue weighted by Gasteiger charge is 2.33. The van der Waals surface area contributed by atoms with Crippen LogP contribution in [-0.4, -0.2) is 37.5 Å². The molecule has 0 saturated carbocycles. The van der Waals surface area contributed by atoms with E-state index in [4.69, 9.17) is 14.2 Å². The predicted molar refractivity (Wildman–Crippen MR) is 103 cm³/mol. The van der Waals surface area contributed by atoms with E-state index >= 15 is 0 Å². The van der Waals surface area contributed by atoms with E-state index in [0.29, 0.717) is 19.6 Å². The standard InChI is InChI=1S/C21H24N2O5/c24-20(27-15-17-9-5-2-6-10-17)22-13-18-19(28-21(25)23-18)11-12-26-14-16-7-3-1-4-8-16/h1-10,18-19H,11-15H2,(H,22,24)(H,23,25)/t18-,19+/m1/s1. The van der Waals surface area contributed by atoms with Crippen LogP contribution in [0.1, 0.15) is 17.5 Å². The smallest absolute Gasteiger partial charge is 0.407 e. The van der Waals surface area contributed by atoms with Crippen LogP contribution >= 0.6 is 0 Å². The fourth-order valence-electron chi connectivity index (χ4n) is 2.87. The van der Waals surface area contributed by atoms with Gasteiger partial charge in [0.15, 0.2) is 0 Å². The Kier molecular flexibility index (Phi) is 7.26. The number of rotatable bonds is 9. The molecular weight excluding hydrogens is 360 g/mol. The lowest BCUT2D eigenvalue weighted by molar-refractivity contribution is 0.0687. The Balaban J connectivity index is 1.36. The number of alkyl carbamates (subject to hydrolysis) is 2. The largest absolute Gasteiger partial charge is 0.445 e. The first-order valence-electron chi connectivity index (χ1n) is 9.24. The molecular formula is C21H24N2O5. The normalized spacial score (nSPS) is 18.2. The molecule has 2 amide bonds. The molecule has 28 heavy (non-hydrogen) atoms. The lowest BCUT2D eigenvalue weighted by Crippen LogP contribution is -2.43. The van der Waals surface area contributed by atoms with Gasteiger partial charge in [-0.2, -0.15) is 0 Å². The topological polar surface area (TPSA) is 85.9 Å². The molecule has 2 atom stereocenters. The summed E-state index contributed by atoms with van der Waals surface area (Å²) in [5.74, 6) is 0. The van der Waals surface area contributed by atoms with Crippen molar-refractivity contribution in [1.82, 2.24) is 10.6 Å². The Morgan fingerprint density at radius 1 is 1.00 bits per heavy atom. The van der Waals surface area contributed by atoms with E-state index in [9.17, 15) is 9.59 Å². The summed E-state index contributed by atoms with van der Waals surface area (Å²) in [6.45, 7) is 1.37. The molecule has 1 heterocycles. The zero-order chi connectivity index (χ0) is 19.6. The molecule has 7 heteroatoms. The van der Waals surface area contributed by atoms with Gasteiger partial charge >= 0.3 is 12.2 Å². The molecule has 2 N–H and O–H groups in total. The Bertz CT molecular complexity index is 754. The fourth-order valence-corrected chi connectivity index (χ4v) is 2.87. The maximum absolute atomic E-state index is 11.9. The zero-order valence-electron chi connectivity index (χ0n) is 15.5. The number of benzene rings is 2. The molecule has 0 spiro atoms. The number of hydrogen-bond acceptors (Lipinski definition) is 5. The van der Waals surface area contributed by atoms with Crippen LogP contribution in [0.2, 0.25) is 0 Å². The maximum atomic E-state index is 11.9. The summed E-state index contributed by atoms with van der Waals surface area (Å²) in [5.41, 5.74) is 1.99. The Hall–Kier alpha value is -3.06. The van der Waals surface area contributed by atoms with E-state index in [1.54, 1.807) is 0 Å². The molecule has 0 bridgehead atoms. The SMILES string of the molecule is O=C(NC[C@H]1NC(=O)O[C@H]1CCOCc1ccccc1)OCc1ccccc1. The van der Waals surface area contributed by atoms with Crippen LogP contribution in [0.4, 0.5) is 9.59 Å². The van der Waals surface area contributed by atoms with Crippen LogP contribution in [0.5, 0.6) is 0 Å². The molecule has 148 valence electrons. The monoisotopic (exact) mass is 384 g/mol. The van der Waals surface area contributed by atoms with Crippen molar-refractivity contribution in [2.75, 3.05) is 13.2 Å². The third-order valence-electron chi connectivity index (χ3n) is 4.35. The Morgan fingerprint density at radius 3 is 2.32 bits per heavy atom. The highest BCUT2D eigenvalue weighted by Crippen LogP contribution is 2.13. The second-order valence-electron chi connectivity index (χ2n) is 6.46. The van der Waals surface area contributed by atoms with Crippen molar-refractivity contribution in [3.8, 4) is 0 Å². The van der Waals surface area contributed by atoms with Crippen LogP contribution in [0.25, 0.3) is 0 Å². The average Bonchev–Trinajstić information content (AvgIpc) is 3.09. The zero-order valence-corrected chi connectivity index (χ0v) is 15.5. The van der Waals surface area contributed by atoms with Crippen molar-refractivity contribution in [1.29, 1.82) is 0 Å². The summed E-state index contributed by atoms with van der Waals surface area (Å²) >= 11 is 0. The van der Waals surface area contributed by atoms with Crippen molar-refractivity contribution >= 4 is 12.2 Å². The van der Waals surface area contributed by atoms with E-state index in [2.05, 4.69) is 10.6 Å². The van der Waals surface area contributed by atoms with Gasteiger partial charge in [-0.3, -0.25) is 0 Å². The van der Waals surface area contributed by atoms with E-state index in [0.717, 1.165) is 11.1 Å². The van der Waals surface area contributed by atoms with Crippen molar-refractivity contribution in [2.45, 2.75) is 31.8 Å². The quantitative estimate of drug-likeness (QED) is 0.649. The van der Waals surface area contributed by atoms with Gasteiger partial charge in [0.05, 0.1) is 19.3 Å². The van der Waals surface area contributed by atoms with E-state index in [1.807, 2.05) is 60.7 Å². The van der Waals surface area contributed by atoms with Crippen molar-refractivity contribution in [3.05, 3.63) is 71.8 Å². The first-order valence-corrected chi connectivity index (χ1v) is 9.24. The molecule has 1 saturated heterocycles. The van der Waals surface area contributed by atoms with Crippen LogP contribution in [0.15, 0.2) is 60.7 Å². The average molecular weight is 384 g/mol. The van der Waals surface area contributed by atoms with E-state index in [1.165, 1.54) is 0 Å². The predicted octanol–water partition coefficient (Wildman–Crippen LogP) is 3.00. The second kappa shape index (κ2) is 10.3. The minimum Gasteiger partial charge on any atom is -0.445 e. The van der Waals surface area contributed by atoms with Gasteiger partial charge in [-0.05, 0) is 11.1 Å². The minimum absolute atomic E-state index is 0.191. The summed E-state index contributed by atoms with van der Waals surface area (Å²) in [7, 11) is 0. The number of cyclic esters (lactones) is 1. The molecule has 2 aromatic rings. The van der Waals surface area contributed by atoms with E-state index < -0.39 is 12.2 Å². The van der Waals surface area contributed by atoms with E-state index in [-0.39, 0.29) is 25.3 Å². The molecule has 1 aliphatic rings. The molecule has 3 rings (SSSR count). The van der Waals surface area contributed by atoms with Gasteiger partial charge in [0.1, 0.15) is 12.7 Å². The maximum Gasteiger partial charge on any atom is 0.407 e. The number of carbonyl (C=O) groups is 2. The first kappa shape index (κ1) is 19.7. The third kappa shape index (κ3) is 6.28. The number of ether oxygens (including phenoxy) is 3. The number of hydrogen-bond donors (Lipinski definition) is 2. The molecule has 2 aromatic carbocycles. The van der Waals surface area contributed by atoms with Crippen LogP contribution in [0, 0.1) is 0 Å². The Labute approximate surface area is 164 Å². The lowest BCUT2D eigenvalue weighted by Gasteiger charge is -2.17. The minimum atomic E-state index is -0.538. The van der Waals surface area contributed by atoms with Gasteiger partial charge in [-0.1, -0.05) is 60.7 Å². The van der Waals surface area contributed by atoms with Gasteiger partial charge < -0.3 is 24.8 Å². The van der Waals surface area contributed by atoms with Crippen LogP contribution in [0.3, 0.4) is 0 Å². The number of carbonyl (C=O) groups excluding carboxylic acids is 2. The second-order valence-corrected chi connectivity index (χ2v) is 6.46. The first-order chi connectivity index (χ1) is 13.7. The third-order valence-corrected chi connectivity index (χ3v) is 4.35. The van der Waals surface area contributed by atoms with Crippen molar-refractivity contribution < 1.29 is 23.8 Å². The summed E-state index contributed by atoms with van der Waals surface area (Å²) < 4.78 is 16.1. The van der Waals surface area contributed by atoms with Crippen LogP contribution < -0.4 is 10.6 Å². The lowest BCUT2D eigenvalue weighted by atomic mass is 10.1. The Morgan fingerprint density at radius 2 is 1.64 bits per heavy atom. The molecule has 0 aliphatic carbocycles. The van der Waals surface area contributed by atoms with Gasteiger partial charge in [-0.25, -0.2) is 9.59 Å².